The summed E-state index contributed by atoms with van der Waals surface area (Å²) in [5.74, 6) is 1.04. The number of carbonyl (C=O) groups is 1. The molecule has 1 aromatic carbocycles. The Balaban J connectivity index is 1.21. The minimum Gasteiger partial charge on any atom is -0.370 e. The van der Waals surface area contributed by atoms with Gasteiger partial charge in [0.2, 0.25) is 11.9 Å². The van der Waals surface area contributed by atoms with Crippen molar-refractivity contribution in [2.45, 2.75) is 26.1 Å². The lowest BCUT2D eigenvalue weighted by molar-refractivity contribution is -0.162. The zero-order valence-corrected chi connectivity index (χ0v) is 21.3. The van der Waals surface area contributed by atoms with Gasteiger partial charge in [-0.2, -0.15) is 13.2 Å². The molecule has 0 spiro atoms. The van der Waals surface area contributed by atoms with Crippen LogP contribution in [0.4, 0.5) is 30.8 Å². The first kappa shape index (κ1) is 26.4. The molecule has 0 radical (unpaired) electrons. The molecular weight excluding hydrogens is 511 g/mol. The molecule has 1 fully saturated rings. The molecular formula is C26H28F3N9O. The van der Waals surface area contributed by atoms with Gasteiger partial charge in [0, 0.05) is 57.1 Å². The predicted octanol–water partition coefficient (Wildman–Crippen LogP) is 4.19. The van der Waals surface area contributed by atoms with Gasteiger partial charge in [-0.3, -0.25) is 9.69 Å². The first-order valence-electron chi connectivity index (χ1n) is 12.6. The highest BCUT2D eigenvalue weighted by Gasteiger charge is 2.34. The lowest BCUT2D eigenvalue weighted by Gasteiger charge is -2.35. The molecule has 39 heavy (non-hydrogen) atoms. The number of aromatic amines is 1. The Kier molecular flexibility index (Phi) is 7.59. The molecule has 3 aromatic heterocycles. The lowest BCUT2D eigenvalue weighted by atomic mass is 10.1. The smallest absolute Gasteiger partial charge is 0.370 e. The number of alkyl halides is 3. The van der Waals surface area contributed by atoms with Crippen LogP contribution in [0.5, 0.6) is 0 Å². The molecule has 1 aliphatic heterocycles. The van der Waals surface area contributed by atoms with Crippen molar-refractivity contribution in [1.29, 1.82) is 0 Å². The van der Waals surface area contributed by atoms with Crippen LogP contribution in [0.2, 0.25) is 0 Å². The van der Waals surface area contributed by atoms with Gasteiger partial charge in [-0.15, -0.1) is 0 Å². The van der Waals surface area contributed by atoms with Gasteiger partial charge in [0.25, 0.3) is 0 Å². The average Bonchev–Trinajstić information content (AvgIpc) is 3.30. The molecule has 0 aliphatic carbocycles. The molecule has 1 amide bonds. The van der Waals surface area contributed by atoms with Crippen molar-refractivity contribution >= 4 is 34.5 Å². The molecule has 4 aromatic rings. The van der Waals surface area contributed by atoms with Crippen LogP contribution < -0.4 is 10.6 Å². The maximum atomic E-state index is 12.5. The molecule has 0 bridgehead atoms. The van der Waals surface area contributed by atoms with Crippen LogP contribution in [0.15, 0.2) is 48.9 Å². The van der Waals surface area contributed by atoms with E-state index in [4.69, 9.17) is 0 Å². The van der Waals surface area contributed by atoms with Crippen molar-refractivity contribution in [2.24, 2.45) is 0 Å². The number of halogens is 3. The van der Waals surface area contributed by atoms with E-state index in [9.17, 15) is 18.0 Å². The molecule has 204 valence electrons. The molecule has 3 N–H and O–H groups in total. The number of hydrogen-bond acceptors (Lipinski definition) is 8. The third kappa shape index (κ3) is 6.79. The fourth-order valence-corrected chi connectivity index (χ4v) is 4.48. The minimum atomic E-state index is -4.48. The Labute approximate surface area is 222 Å². The summed E-state index contributed by atoms with van der Waals surface area (Å²) in [7, 11) is 0. The number of H-pyrrole nitrogens is 1. The highest BCUT2D eigenvalue weighted by molar-refractivity contribution is 5.83. The summed E-state index contributed by atoms with van der Waals surface area (Å²) in [6.07, 6.45) is -2.67. The van der Waals surface area contributed by atoms with E-state index in [1.165, 1.54) is 11.2 Å². The molecule has 0 unspecified atom stereocenters. The quantitative estimate of drug-likeness (QED) is 0.306. The molecule has 4 heterocycles. The van der Waals surface area contributed by atoms with E-state index in [0.717, 1.165) is 40.2 Å². The summed E-state index contributed by atoms with van der Waals surface area (Å²) in [6, 6.07) is 11.6. The summed E-state index contributed by atoms with van der Waals surface area (Å²) in [5, 5.41) is 6.39. The van der Waals surface area contributed by atoms with Crippen molar-refractivity contribution in [3.05, 3.63) is 54.5 Å². The number of nitrogens with one attached hydrogen (secondary N) is 3. The topological polar surface area (TPSA) is 115 Å². The minimum absolute atomic E-state index is 0.275. The standard InChI is InChI=1S/C26H28F3N9O/c1-2-30-22-13-20(32-16-33-22)18-3-4-19-21(12-18)35-25(34-19)36-23-11-17(5-6-31-23)15-37-7-9-38(10-8-37)24(39)14-26(27,28)29/h3-6,11-13,16H,2,7-10,14-15H2,1H3,(H,30,32,33)(H2,31,34,35,36). The van der Waals surface area contributed by atoms with E-state index in [2.05, 4.69) is 40.5 Å². The summed E-state index contributed by atoms with van der Waals surface area (Å²) in [5.41, 5.74) is 4.34. The van der Waals surface area contributed by atoms with Crippen LogP contribution in [0.3, 0.4) is 0 Å². The summed E-state index contributed by atoms with van der Waals surface area (Å²) >= 11 is 0. The second-order valence-corrected chi connectivity index (χ2v) is 9.26. The number of rotatable bonds is 8. The highest BCUT2D eigenvalue weighted by Crippen LogP contribution is 2.25. The maximum Gasteiger partial charge on any atom is 0.397 e. The van der Waals surface area contributed by atoms with Crippen molar-refractivity contribution in [2.75, 3.05) is 43.4 Å². The first-order valence-corrected chi connectivity index (χ1v) is 12.6. The van der Waals surface area contributed by atoms with Crippen molar-refractivity contribution < 1.29 is 18.0 Å². The number of pyridine rings is 1. The van der Waals surface area contributed by atoms with E-state index in [1.807, 2.05) is 43.3 Å². The molecule has 1 saturated heterocycles. The third-order valence-electron chi connectivity index (χ3n) is 6.36. The number of amides is 1. The van der Waals surface area contributed by atoms with Crippen LogP contribution in [-0.2, 0) is 11.3 Å². The van der Waals surface area contributed by atoms with Gasteiger partial charge >= 0.3 is 6.18 Å². The van der Waals surface area contributed by atoms with Crippen LogP contribution >= 0.6 is 0 Å². The van der Waals surface area contributed by atoms with Crippen LogP contribution in [0.1, 0.15) is 18.9 Å². The van der Waals surface area contributed by atoms with Crippen LogP contribution in [-0.4, -0.2) is 79.5 Å². The Morgan fingerprint density at radius 2 is 1.85 bits per heavy atom. The van der Waals surface area contributed by atoms with Gasteiger partial charge in [-0.25, -0.2) is 19.9 Å². The maximum absolute atomic E-state index is 12.5. The number of imidazole rings is 1. The lowest BCUT2D eigenvalue weighted by Crippen LogP contribution is -2.49. The summed E-state index contributed by atoms with van der Waals surface area (Å²) in [4.78, 5) is 36.1. The Hall–Kier alpha value is -4.26. The van der Waals surface area contributed by atoms with E-state index < -0.39 is 18.5 Å². The monoisotopic (exact) mass is 539 g/mol. The zero-order valence-electron chi connectivity index (χ0n) is 21.3. The number of aromatic nitrogens is 5. The molecule has 1 aliphatic rings. The van der Waals surface area contributed by atoms with Gasteiger partial charge < -0.3 is 20.5 Å². The highest BCUT2D eigenvalue weighted by atomic mass is 19.4. The van der Waals surface area contributed by atoms with Gasteiger partial charge in [-0.1, -0.05) is 6.07 Å². The van der Waals surface area contributed by atoms with E-state index in [0.29, 0.717) is 31.4 Å². The summed E-state index contributed by atoms with van der Waals surface area (Å²) < 4.78 is 37.6. The number of fused-ring (bicyclic) bond motifs is 1. The molecule has 0 saturated carbocycles. The second-order valence-electron chi connectivity index (χ2n) is 9.26. The van der Waals surface area contributed by atoms with Gasteiger partial charge in [0.15, 0.2) is 0 Å². The third-order valence-corrected chi connectivity index (χ3v) is 6.36. The predicted molar refractivity (Wildman–Crippen MR) is 141 cm³/mol. The van der Waals surface area contributed by atoms with Gasteiger partial charge in [0.05, 0.1) is 16.7 Å². The number of hydrogen-bond donors (Lipinski definition) is 3. The number of nitrogens with zero attached hydrogens (tertiary/aromatic N) is 6. The SMILES string of the molecule is CCNc1cc(-c2ccc3nc(Nc4cc(CN5CCN(C(=O)CC(F)(F)F)CC5)ccn4)[nH]c3c2)ncn1. The van der Waals surface area contributed by atoms with Gasteiger partial charge in [-0.05, 0) is 36.8 Å². The fourth-order valence-electron chi connectivity index (χ4n) is 4.48. The summed E-state index contributed by atoms with van der Waals surface area (Å²) in [6.45, 7) is 4.92. The van der Waals surface area contributed by atoms with E-state index in [1.54, 1.807) is 6.20 Å². The normalized spacial score (nSPS) is 14.5. The Morgan fingerprint density at radius 3 is 2.62 bits per heavy atom. The number of carbonyl (C=O) groups excluding carboxylic acids is 1. The average molecular weight is 540 g/mol. The zero-order chi connectivity index (χ0) is 27.4. The number of piperazine rings is 1. The first-order chi connectivity index (χ1) is 18.8. The van der Waals surface area contributed by atoms with Crippen molar-refractivity contribution in [1.82, 2.24) is 34.7 Å². The van der Waals surface area contributed by atoms with E-state index in [-0.39, 0.29) is 13.1 Å². The molecule has 5 rings (SSSR count). The van der Waals surface area contributed by atoms with Crippen molar-refractivity contribution in [3.8, 4) is 11.3 Å². The molecule has 0 atom stereocenters. The van der Waals surface area contributed by atoms with Crippen LogP contribution in [0, 0.1) is 0 Å². The van der Waals surface area contributed by atoms with E-state index >= 15 is 0 Å². The number of benzene rings is 1. The molecule has 10 nitrogen and oxygen atoms in total. The second kappa shape index (κ2) is 11.2. The Morgan fingerprint density at radius 1 is 1.03 bits per heavy atom. The van der Waals surface area contributed by atoms with Gasteiger partial charge in [0.1, 0.15) is 24.4 Å². The Bertz CT molecular complexity index is 1450. The fraction of sp³-hybridized carbons (Fsp3) is 0.346. The van der Waals surface area contributed by atoms with Crippen LogP contribution in [0.25, 0.3) is 22.3 Å². The largest absolute Gasteiger partial charge is 0.397 e. The number of anilines is 3. The van der Waals surface area contributed by atoms with Crippen molar-refractivity contribution in [3.63, 3.8) is 0 Å². The molecule has 13 heteroatoms.